The van der Waals surface area contributed by atoms with E-state index in [4.69, 9.17) is 9.47 Å². The van der Waals surface area contributed by atoms with Crippen LogP contribution < -0.4 is 9.54 Å². The van der Waals surface area contributed by atoms with Crippen molar-refractivity contribution in [1.82, 2.24) is 4.57 Å². The van der Waals surface area contributed by atoms with Crippen LogP contribution >= 0.6 is 11.3 Å². The molecule has 2 aromatic carbocycles. The monoisotopic (exact) mass is 370 g/mol. The summed E-state index contributed by atoms with van der Waals surface area (Å²) in [5.74, 6) is -0.0755. The lowest BCUT2D eigenvalue weighted by Gasteiger charge is -2.04. The molecule has 1 heterocycles. The first-order chi connectivity index (χ1) is 12.6. The van der Waals surface area contributed by atoms with Crippen LogP contribution in [0.4, 0.5) is 0 Å². The van der Waals surface area contributed by atoms with E-state index in [0.29, 0.717) is 22.7 Å². The maximum Gasteiger partial charge on any atom is 0.325 e. The fraction of sp³-hybridized carbons (Fsp3) is 0.211. The number of rotatable bonds is 5. The number of amides is 1. The number of hydrogen-bond donors (Lipinski definition) is 0. The molecule has 0 bridgehead atoms. The molecule has 1 aromatic heterocycles. The zero-order valence-electron chi connectivity index (χ0n) is 14.5. The molecule has 0 radical (unpaired) electrons. The molecule has 0 fully saturated rings. The summed E-state index contributed by atoms with van der Waals surface area (Å²) in [7, 11) is 1.33. The van der Waals surface area contributed by atoms with E-state index in [1.165, 1.54) is 18.4 Å². The Morgan fingerprint density at radius 2 is 1.85 bits per heavy atom. The number of aromatic nitrogens is 1. The third-order valence-electron chi connectivity index (χ3n) is 3.71. The van der Waals surface area contributed by atoms with Crippen molar-refractivity contribution in [1.29, 1.82) is 0 Å². The third-order valence-corrected chi connectivity index (χ3v) is 4.77. The van der Waals surface area contributed by atoms with Gasteiger partial charge in [0.15, 0.2) is 4.80 Å². The van der Waals surface area contributed by atoms with Crippen LogP contribution in [0.1, 0.15) is 17.3 Å². The molecule has 3 aromatic rings. The zero-order chi connectivity index (χ0) is 18.5. The molecule has 0 unspecified atom stereocenters. The van der Waals surface area contributed by atoms with Gasteiger partial charge in [0.2, 0.25) is 0 Å². The Bertz CT molecular complexity index is 1000. The molecule has 0 aliphatic carbocycles. The average molecular weight is 370 g/mol. The van der Waals surface area contributed by atoms with Crippen molar-refractivity contribution in [2.45, 2.75) is 13.5 Å². The van der Waals surface area contributed by atoms with Gasteiger partial charge in [-0.05, 0) is 43.3 Å². The predicted octanol–water partition coefficient (Wildman–Crippen LogP) is 3.02. The molecule has 0 saturated carbocycles. The topological polar surface area (TPSA) is 69.9 Å². The highest BCUT2D eigenvalue weighted by molar-refractivity contribution is 7.16. The molecule has 0 aliphatic heterocycles. The third kappa shape index (κ3) is 3.83. The maximum absolute atomic E-state index is 12.5. The van der Waals surface area contributed by atoms with Crippen molar-refractivity contribution >= 4 is 33.4 Å². The molecule has 134 valence electrons. The second-order valence-corrected chi connectivity index (χ2v) is 6.40. The molecule has 0 atom stereocenters. The highest BCUT2D eigenvalue weighted by atomic mass is 32.1. The van der Waals surface area contributed by atoms with Gasteiger partial charge in [-0.3, -0.25) is 9.59 Å². The molecule has 1 amide bonds. The Morgan fingerprint density at radius 3 is 2.54 bits per heavy atom. The van der Waals surface area contributed by atoms with Gasteiger partial charge in [-0.1, -0.05) is 23.5 Å². The van der Waals surface area contributed by atoms with Crippen LogP contribution in [0, 0.1) is 0 Å². The number of carbonyl (C=O) groups excluding carboxylic acids is 2. The Balaban J connectivity index is 2.01. The van der Waals surface area contributed by atoms with Gasteiger partial charge in [-0.15, -0.1) is 0 Å². The molecule has 0 aliphatic rings. The summed E-state index contributed by atoms with van der Waals surface area (Å²) in [6.45, 7) is 2.46. The molecule has 0 spiro atoms. The van der Waals surface area contributed by atoms with Crippen LogP contribution in [0.5, 0.6) is 5.75 Å². The van der Waals surface area contributed by atoms with E-state index in [9.17, 15) is 9.59 Å². The molecule has 6 nitrogen and oxygen atoms in total. The summed E-state index contributed by atoms with van der Waals surface area (Å²) >= 11 is 1.35. The lowest BCUT2D eigenvalue weighted by atomic mass is 10.2. The van der Waals surface area contributed by atoms with Crippen LogP contribution in [0.25, 0.3) is 10.2 Å². The standard InChI is InChI=1S/C19H18N2O4S/c1-3-25-14-10-8-13(9-11-14)18(23)20-19-21(12-17(22)24-2)15-6-4-5-7-16(15)26-19/h4-11H,3,12H2,1-2H3. The minimum absolute atomic E-state index is 0.00406. The first kappa shape index (κ1) is 17.9. The van der Waals surface area contributed by atoms with E-state index in [1.807, 2.05) is 31.2 Å². The van der Waals surface area contributed by atoms with Gasteiger partial charge in [0.05, 0.1) is 23.9 Å². The van der Waals surface area contributed by atoms with Crippen LogP contribution in [-0.4, -0.2) is 30.2 Å². The number of methoxy groups -OCH3 is 1. The van der Waals surface area contributed by atoms with Crippen molar-refractivity contribution in [3.05, 3.63) is 58.9 Å². The van der Waals surface area contributed by atoms with Crippen molar-refractivity contribution in [2.24, 2.45) is 4.99 Å². The van der Waals surface area contributed by atoms with Gasteiger partial charge in [0.25, 0.3) is 5.91 Å². The lowest BCUT2D eigenvalue weighted by Crippen LogP contribution is -2.22. The van der Waals surface area contributed by atoms with Crippen LogP contribution in [-0.2, 0) is 16.1 Å². The summed E-state index contributed by atoms with van der Waals surface area (Å²) in [6.07, 6.45) is 0. The molecular formula is C19H18N2O4S. The van der Waals surface area contributed by atoms with Crippen LogP contribution in [0.2, 0.25) is 0 Å². The number of hydrogen-bond acceptors (Lipinski definition) is 5. The first-order valence-electron chi connectivity index (χ1n) is 8.09. The summed E-state index contributed by atoms with van der Waals surface area (Å²) in [6, 6.07) is 14.4. The molecule has 0 N–H and O–H groups in total. The van der Waals surface area contributed by atoms with Crippen LogP contribution in [0.15, 0.2) is 53.5 Å². The summed E-state index contributed by atoms with van der Waals surface area (Å²) in [5, 5.41) is 0. The van der Waals surface area contributed by atoms with E-state index in [1.54, 1.807) is 28.8 Å². The van der Waals surface area contributed by atoms with E-state index >= 15 is 0 Å². The van der Waals surface area contributed by atoms with Crippen LogP contribution in [0.3, 0.4) is 0 Å². The quantitative estimate of drug-likeness (QED) is 0.648. The number of nitrogens with zero attached hydrogens (tertiary/aromatic N) is 2. The number of thiazole rings is 1. The number of esters is 1. The van der Waals surface area contributed by atoms with Gasteiger partial charge in [-0.2, -0.15) is 4.99 Å². The largest absolute Gasteiger partial charge is 0.494 e. The Hall–Kier alpha value is -2.93. The number of para-hydroxylation sites is 1. The smallest absolute Gasteiger partial charge is 0.325 e. The summed E-state index contributed by atoms with van der Waals surface area (Å²) in [4.78, 5) is 29.0. The van der Waals surface area contributed by atoms with E-state index < -0.39 is 5.97 Å². The van der Waals surface area contributed by atoms with Gasteiger partial charge in [0.1, 0.15) is 12.3 Å². The highest BCUT2D eigenvalue weighted by Crippen LogP contribution is 2.17. The molecular weight excluding hydrogens is 352 g/mol. The second kappa shape index (κ2) is 7.97. The minimum atomic E-state index is -0.400. The summed E-state index contributed by atoms with van der Waals surface area (Å²) in [5.41, 5.74) is 1.29. The minimum Gasteiger partial charge on any atom is -0.494 e. The molecule has 26 heavy (non-hydrogen) atoms. The first-order valence-corrected chi connectivity index (χ1v) is 8.91. The average Bonchev–Trinajstić information content (AvgIpc) is 2.99. The van der Waals surface area contributed by atoms with Crippen molar-refractivity contribution in [3.8, 4) is 5.75 Å². The number of benzene rings is 2. The normalized spacial score (nSPS) is 11.5. The fourth-order valence-electron chi connectivity index (χ4n) is 2.46. The molecule has 3 rings (SSSR count). The van der Waals surface area contributed by atoms with Crippen molar-refractivity contribution < 1.29 is 19.1 Å². The van der Waals surface area contributed by atoms with Gasteiger partial charge in [-0.25, -0.2) is 0 Å². The van der Waals surface area contributed by atoms with Gasteiger partial charge in [0, 0.05) is 5.56 Å². The maximum atomic E-state index is 12.5. The Labute approximate surface area is 154 Å². The van der Waals surface area contributed by atoms with E-state index in [2.05, 4.69) is 4.99 Å². The lowest BCUT2D eigenvalue weighted by molar-refractivity contribution is -0.141. The Morgan fingerprint density at radius 1 is 1.12 bits per heavy atom. The second-order valence-electron chi connectivity index (χ2n) is 5.39. The molecule has 7 heteroatoms. The zero-order valence-corrected chi connectivity index (χ0v) is 15.3. The van der Waals surface area contributed by atoms with Crippen molar-refractivity contribution in [3.63, 3.8) is 0 Å². The highest BCUT2D eigenvalue weighted by Gasteiger charge is 2.12. The number of ether oxygens (including phenoxy) is 2. The van der Waals surface area contributed by atoms with Gasteiger partial charge >= 0.3 is 5.97 Å². The number of fused-ring (bicyclic) bond motifs is 1. The fourth-order valence-corrected chi connectivity index (χ4v) is 3.49. The molecule has 0 saturated heterocycles. The SMILES string of the molecule is CCOc1ccc(C(=O)N=c2sc3ccccc3n2CC(=O)OC)cc1. The Kier molecular flexibility index (Phi) is 5.48. The predicted molar refractivity (Wildman–Crippen MR) is 99.3 cm³/mol. The number of carbonyl (C=O) groups is 2. The van der Waals surface area contributed by atoms with E-state index in [0.717, 1.165) is 10.2 Å². The summed E-state index contributed by atoms with van der Waals surface area (Å²) < 4.78 is 12.8. The van der Waals surface area contributed by atoms with Crippen molar-refractivity contribution in [2.75, 3.05) is 13.7 Å². The van der Waals surface area contributed by atoms with Gasteiger partial charge < -0.3 is 14.0 Å². The van der Waals surface area contributed by atoms with E-state index in [-0.39, 0.29) is 12.5 Å².